The molecule has 2 aliphatic rings. The molecule has 2 aliphatic heterocycles. The third-order valence-electron chi connectivity index (χ3n) is 3.44. The molecular formula is C12H20OS. The smallest absolute Gasteiger partial charge is 0.0783 e. The average molecular weight is 212 g/mol. The van der Waals surface area contributed by atoms with Crippen LogP contribution in [0.25, 0.3) is 0 Å². The van der Waals surface area contributed by atoms with Crippen molar-refractivity contribution in [1.29, 1.82) is 0 Å². The molecule has 2 rings (SSSR count). The molecule has 2 fully saturated rings. The van der Waals surface area contributed by atoms with E-state index in [9.17, 15) is 0 Å². The Morgan fingerprint density at radius 3 is 3.21 bits per heavy atom. The van der Waals surface area contributed by atoms with Gasteiger partial charge >= 0.3 is 0 Å². The number of ether oxygens (including phenoxy) is 1. The maximum atomic E-state index is 5.99. The number of thioether (sulfide) groups is 1. The topological polar surface area (TPSA) is 9.23 Å². The van der Waals surface area contributed by atoms with Gasteiger partial charge in [0.2, 0.25) is 0 Å². The number of allylic oxidation sites excluding steroid dienone is 1. The molecule has 0 bridgehead atoms. The van der Waals surface area contributed by atoms with Crippen molar-refractivity contribution in [2.24, 2.45) is 5.92 Å². The second kappa shape index (κ2) is 4.71. The minimum Gasteiger partial charge on any atom is -0.374 e. The lowest BCUT2D eigenvalue weighted by atomic mass is 9.83. The second-order valence-electron chi connectivity index (χ2n) is 4.56. The Balaban J connectivity index is 1.86. The first-order valence-electron chi connectivity index (χ1n) is 5.67. The first-order valence-corrected chi connectivity index (χ1v) is 6.83. The fourth-order valence-electron chi connectivity index (χ4n) is 2.59. The number of hydrogen-bond acceptors (Lipinski definition) is 2. The minimum absolute atomic E-state index is 0.273. The molecule has 2 heterocycles. The molecule has 0 aromatic carbocycles. The summed E-state index contributed by atoms with van der Waals surface area (Å²) >= 11 is 2.06. The van der Waals surface area contributed by atoms with Gasteiger partial charge in [-0.1, -0.05) is 6.08 Å². The summed E-state index contributed by atoms with van der Waals surface area (Å²) in [6, 6.07) is 0. The molecule has 1 spiro atoms. The fourth-order valence-corrected chi connectivity index (χ4v) is 3.97. The highest BCUT2D eigenvalue weighted by Gasteiger charge is 2.39. The summed E-state index contributed by atoms with van der Waals surface area (Å²) in [5, 5.41) is 0. The van der Waals surface area contributed by atoms with E-state index in [2.05, 4.69) is 18.3 Å². The molecule has 0 radical (unpaired) electrons. The number of rotatable bonds is 3. The van der Waals surface area contributed by atoms with Gasteiger partial charge in [0.05, 0.1) is 5.60 Å². The van der Waals surface area contributed by atoms with Crippen molar-refractivity contribution < 1.29 is 4.74 Å². The van der Waals surface area contributed by atoms with Crippen molar-refractivity contribution in [1.82, 2.24) is 0 Å². The quantitative estimate of drug-likeness (QED) is 0.664. The largest absolute Gasteiger partial charge is 0.374 e. The van der Waals surface area contributed by atoms with E-state index >= 15 is 0 Å². The molecule has 0 aliphatic carbocycles. The Labute approximate surface area is 91.3 Å². The predicted molar refractivity (Wildman–Crippen MR) is 62.8 cm³/mol. The zero-order valence-corrected chi connectivity index (χ0v) is 9.65. The summed E-state index contributed by atoms with van der Waals surface area (Å²) in [6.07, 6.45) is 8.38. The van der Waals surface area contributed by atoms with Crippen LogP contribution in [-0.4, -0.2) is 23.7 Å². The molecule has 2 atom stereocenters. The van der Waals surface area contributed by atoms with Gasteiger partial charge < -0.3 is 4.74 Å². The standard InChI is InChI=1S/C12H20OS/c1-2-3-4-11-5-7-13-12(9-11)6-8-14-10-12/h2,11H,1,3-10H2. The second-order valence-corrected chi connectivity index (χ2v) is 5.66. The van der Waals surface area contributed by atoms with Crippen LogP contribution in [-0.2, 0) is 4.74 Å². The van der Waals surface area contributed by atoms with Crippen LogP contribution in [0.5, 0.6) is 0 Å². The molecular weight excluding hydrogens is 192 g/mol. The third kappa shape index (κ3) is 2.34. The average Bonchev–Trinajstić information content (AvgIpc) is 2.63. The van der Waals surface area contributed by atoms with E-state index in [4.69, 9.17) is 4.74 Å². The summed E-state index contributed by atoms with van der Waals surface area (Å²) in [4.78, 5) is 0. The third-order valence-corrected chi connectivity index (χ3v) is 4.66. The Kier molecular flexibility index (Phi) is 3.56. The van der Waals surface area contributed by atoms with Crippen LogP contribution in [0.3, 0.4) is 0 Å². The van der Waals surface area contributed by atoms with Crippen LogP contribution in [0.1, 0.15) is 32.1 Å². The Hall–Kier alpha value is 0.0500. The molecule has 1 nitrogen and oxygen atoms in total. The van der Waals surface area contributed by atoms with Crippen LogP contribution in [0.15, 0.2) is 12.7 Å². The summed E-state index contributed by atoms with van der Waals surface area (Å²) in [6.45, 7) is 4.79. The van der Waals surface area contributed by atoms with E-state index < -0.39 is 0 Å². The molecule has 0 aromatic heterocycles. The lowest BCUT2D eigenvalue weighted by Crippen LogP contribution is -2.39. The van der Waals surface area contributed by atoms with Gasteiger partial charge in [-0.25, -0.2) is 0 Å². The van der Waals surface area contributed by atoms with Crippen molar-refractivity contribution in [2.75, 3.05) is 18.1 Å². The highest BCUT2D eigenvalue weighted by molar-refractivity contribution is 7.99. The normalized spacial score (nSPS) is 37.6. The first kappa shape index (κ1) is 10.6. The Morgan fingerprint density at radius 2 is 2.50 bits per heavy atom. The number of hydrogen-bond donors (Lipinski definition) is 0. The first-order chi connectivity index (χ1) is 6.85. The monoisotopic (exact) mass is 212 g/mol. The maximum absolute atomic E-state index is 5.99. The zero-order chi connectivity index (χ0) is 9.86. The highest BCUT2D eigenvalue weighted by atomic mass is 32.2. The molecule has 14 heavy (non-hydrogen) atoms. The van der Waals surface area contributed by atoms with E-state index in [0.717, 1.165) is 12.5 Å². The van der Waals surface area contributed by atoms with E-state index in [1.807, 2.05) is 6.08 Å². The Morgan fingerprint density at radius 1 is 1.57 bits per heavy atom. The predicted octanol–water partition coefficient (Wildman–Crippen LogP) is 3.25. The van der Waals surface area contributed by atoms with E-state index in [0.29, 0.717) is 0 Å². The summed E-state index contributed by atoms with van der Waals surface area (Å²) < 4.78 is 5.99. The summed E-state index contributed by atoms with van der Waals surface area (Å²) in [5.74, 6) is 3.42. The van der Waals surface area contributed by atoms with Gasteiger partial charge in [0.25, 0.3) is 0 Å². The van der Waals surface area contributed by atoms with Crippen LogP contribution in [0.4, 0.5) is 0 Å². The van der Waals surface area contributed by atoms with Gasteiger partial charge in [-0.3, -0.25) is 0 Å². The summed E-state index contributed by atoms with van der Waals surface area (Å²) in [7, 11) is 0. The SMILES string of the molecule is C=CCCC1CCOC2(CCSC2)C1. The lowest BCUT2D eigenvalue weighted by Gasteiger charge is -2.37. The van der Waals surface area contributed by atoms with Crippen molar-refractivity contribution in [2.45, 2.75) is 37.7 Å². The molecule has 2 unspecified atom stereocenters. The molecule has 0 saturated carbocycles. The molecule has 0 aromatic rings. The Bertz CT molecular complexity index is 196. The van der Waals surface area contributed by atoms with Crippen molar-refractivity contribution in [3.8, 4) is 0 Å². The molecule has 0 amide bonds. The lowest BCUT2D eigenvalue weighted by molar-refractivity contribution is -0.0803. The van der Waals surface area contributed by atoms with Gasteiger partial charge in [-0.15, -0.1) is 6.58 Å². The summed E-state index contributed by atoms with van der Waals surface area (Å²) in [5.41, 5.74) is 0.273. The van der Waals surface area contributed by atoms with Crippen LogP contribution >= 0.6 is 11.8 Å². The molecule has 0 N–H and O–H groups in total. The molecule has 80 valence electrons. The van der Waals surface area contributed by atoms with E-state index in [1.54, 1.807) is 0 Å². The highest BCUT2D eigenvalue weighted by Crippen LogP contribution is 2.41. The van der Waals surface area contributed by atoms with Crippen molar-refractivity contribution in [3.05, 3.63) is 12.7 Å². The zero-order valence-electron chi connectivity index (χ0n) is 8.84. The molecule has 2 heteroatoms. The van der Waals surface area contributed by atoms with Crippen molar-refractivity contribution >= 4 is 11.8 Å². The minimum atomic E-state index is 0.273. The van der Waals surface area contributed by atoms with Gasteiger partial charge in [0.15, 0.2) is 0 Å². The van der Waals surface area contributed by atoms with Crippen LogP contribution in [0, 0.1) is 5.92 Å². The van der Waals surface area contributed by atoms with Crippen LogP contribution in [0.2, 0.25) is 0 Å². The van der Waals surface area contributed by atoms with E-state index in [-0.39, 0.29) is 5.60 Å². The fraction of sp³-hybridized carbons (Fsp3) is 0.833. The van der Waals surface area contributed by atoms with Crippen LogP contribution < -0.4 is 0 Å². The van der Waals surface area contributed by atoms with Gasteiger partial charge in [0.1, 0.15) is 0 Å². The van der Waals surface area contributed by atoms with Gasteiger partial charge in [-0.05, 0) is 43.8 Å². The van der Waals surface area contributed by atoms with Crippen molar-refractivity contribution in [3.63, 3.8) is 0 Å². The van der Waals surface area contributed by atoms with Gasteiger partial charge in [0, 0.05) is 12.4 Å². The molecule has 2 saturated heterocycles. The van der Waals surface area contributed by atoms with E-state index in [1.165, 1.54) is 43.6 Å². The van der Waals surface area contributed by atoms with Gasteiger partial charge in [-0.2, -0.15) is 11.8 Å². The maximum Gasteiger partial charge on any atom is 0.0783 e.